The molecule has 0 saturated carbocycles. The Morgan fingerprint density at radius 3 is 1.14 bits per heavy atom. The van der Waals surface area contributed by atoms with Gasteiger partial charge in [-0.3, -0.25) is 0 Å². The molecule has 22 heavy (non-hydrogen) atoms. The summed E-state index contributed by atoms with van der Waals surface area (Å²) < 4.78 is 0. The molecule has 2 aromatic rings. The number of carboxylic acid groups (broad SMARTS) is 2. The van der Waals surface area contributed by atoms with Gasteiger partial charge in [-0.1, -0.05) is 47.9 Å². The van der Waals surface area contributed by atoms with Crippen LogP contribution in [0.4, 0.5) is 0 Å². The number of hydrogen-bond acceptors (Lipinski definition) is 4. The molecule has 0 saturated heterocycles. The number of para-hydroxylation sites is 2. The molecular weight excluding hydrogens is 395 g/mol. The summed E-state index contributed by atoms with van der Waals surface area (Å²) in [5.74, 6) is -3.25. The molecule has 2 rings (SSSR count). The minimum atomic E-state index is -1.18. The van der Waals surface area contributed by atoms with Gasteiger partial charge in [-0.05, 0) is 12.1 Å². The van der Waals surface area contributed by atoms with Crippen LogP contribution in [0.15, 0.2) is 48.5 Å². The van der Waals surface area contributed by atoms with E-state index in [-0.39, 0.29) is 50.1 Å². The maximum Gasteiger partial charge on any atom is 2.00 e. The number of carboxylic acids is 2. The summed E-state index contributed by atoms with van der Waals surface area (Å²) in [5, 5.41) is 38.1. The van der Waals surface area contributed by atoms with Crippen molar-refractivity contribution in [3.8, 4) is 11.5 Å². The van der Waals surface area contributed by atoms with Gasteiger partial charge in [-0.2, -0.15) is 0 Å². The molecule has 0 aliphatic rings. The van der Waals surface area contributed by atoms with Crippen LogP contribution < -0.4 is 10.2 Å². The number of hydrogen-bond donors (Lipinski definition) is 2. The number of benzene rings is 2. The largest absolute Gasteiger partial charge is 2.00 e. The molecule has 0 unspecified atom stereocenters. The summed E-state index contributed by atoms with van der Waals surface area (Å²) in [6.45, 7) is 0. The molecule has 2 N–H and O–H groups in total. The first-order chi connectivity index (χ1) is 9.43. The molecule has 2 aromatic carbocycles. The van der Waals surface area contributed by atoms with Crippen LogP contribution in [0.1, 0.15) is 20.7 Å². The molecule has 6 nitrogen and oxygen atoms in total. The van der Waals surface area contributed by atoms with Gasteiger partial charge in [0.2, 0.25) is 0 Å². The normalized spacial score (nSPS) is 8.36. The fourth-order valence-electron chi connectivity index (χ4n) is 1.29. The third-order valence-electron chi connectivity index (χ3n) is 2.23. The molecule has 0 bridgehead atoms. The summed E-state index contributed by atoms with van der Waals surface area (Å²) in [4.78, 5) is 20.4. The average Bonchev–Trinajstić information content (AvgIpc) is 2.40. The van der Waals surface area contributed by atoms with Crippen LogP contribution in [0.2, 0.25) is 0 Å². The van der Waals surface area contributed by atoms with Crippen molar-refractivity contribution in [3.05, 3.63) is 59.7 Å². The molecule has 0 amide bonds. The first-order valence-electron chi connectivity index (χ1n) is 5.42. The molecule has 0 aromatic heterocycles. The molecule has 0 spiro atoms. The van der Waals surface area contributed by atoms with E-state index in [1.54, 1.807) is 0 Å². The van der Waals surface area contributed by atoms with E-state index in [4.69, 9.17) is 10.2 Å². The van der Waals surface area contributed by atoms with E-state index in [1.807, 2.05) is 0 Å². The molecule has 0 aliphatic carbocycles. The SMILES string of the molecule is O=C(O)c1ccccc1[O-].O=C(O)c1ccccc1[O-].[Zn+2].[Zn+2]. The van der Waals surface area contributed by atoms with Gasteiger partial charge in [0.25, 0.3) is 0 Å². The summed E-state index contributed by atoms with van der Waals surface area (Å²) in [6.07, 6.45) is 0. The van der Waals surface area contributed by atoms with Crippen molar-refractivity contribution in [2.24, 2.45) is 0 Å². The summed E-state index contributed by atoms with van der Waals surface area (Å²) in [5.41, 5.74) is -0.356. The van der Waals surface area contributed by atoms with E-state index in [0.717, 1.165) is 0 Å². The van der Waals surface area contributed by atoms with Crippen molar-refractivity contribution in [3.63, 3.8) is 0 Å². The number of rotatable bonds is 2. The van der Waals surface area contributed by atoms with E-state index < -0.39 is 23.4 Å². The molecule has 0 radical (unpaired) electrons. The van der Waals surface area contributed by atoms with Crippen LogP contribution in [0.25, 0.3) is 0 Å². The van der Waals surface area contributed by atoms with Crippen molar-refractivity contribution < 1.29 is 69.0 Å². The first-order valence-corrected chi connectivity index (χ1v) is 5.42. The Balaban J connectivity index is 0. The summed E-state index contributed by atoms with van der Waals surface area (Å²) in [6, 6.07) is 11.1. The van der Waals surface area contributed by atoms with Crippen LogP contribution in [-0.2, 0) is 39.0 Å². The molecule has 0 aliphatic heterocycles. The van der Waals surface area contributed by atoms with E-state index in [0.29, 0.717) is 0 Å². The molecule has 8 heteroatoms. The second kappa shape index (κ2) is 10.9. The monoisotopic (exact) mass is 402 g/mol. The third kappa shape index (κ3) is 6.79. The minimum Gasteiger partial charge on any atom is -0.872 e. The van der Waals surface area contributed by atoms with E-state index in [1.165, 1.54) is 48.5 Å². The molecule has 0 atom stereocenters. The van der Waals surface area contributed by atoms with Crippen LogP contribution in [0.5, 0.6) is 11.5 Å². The van der Waals surface area contributed by atoms with Gasteiger partial charge >= 0.3 is 50.9 Å². The van der Waals surface area contributed by atoms with Gasteiger partial charge in [0.05, 0.1) is 11.1 Å². The molecule has 0 heterocycles. The molecular formula is C14H10O6Zn2+2. The quantitative estimate of drug-likeness (QED) is 0.717. The Morgan fingerprint density at radius 2 is 0.955 bits per heavy atom. The summed E-state index contributed by atoms with van der Waals surface area (Å²) in [7, 11) is 0. The van der Waals surface area contributed by atoms with Crippen molar-refractivity contribution in [2.75, 3.05) is 0 Å². The van der Waals surface area contributed by atoms with Crippen LogP contribution in [-0.4, -0.2) is 22.2 Å². The predicted molar refractivity (Wildman–Crippen MR) is 65.7 cm³/mol. The molecule has 0 fully saturated rings. The standard InChI is InChI=1S/2C7H6O3.2Zn/c2*8-6-4-2-1-3-5(6)7(9)10;;/h2*1-4,8H,(H,9,10);;/q;;2*+2/p-2. The van der Waals surface area contributed by atoms with Gasteiger partial charge in [-0.15, -0.1) is 0 Å². The zero-order valence-corrected chi connectivity index (χ0v) is 17.5. The van der Waals surface area contributed by atoms with Crippen LogP contribution in [0.3, 0.4) is 0 Å². The summed E-state index contributed by atoms with van der Waals surface area (Å²) >= 11 is 0. The fraction of sp³-hybridized carbons (Fsp3) is 0. The van der Waals surface area contributed by atoms with Crippen molar-refractivity contribution >= 4 is 11.9 Å². The Labute approximate surface area is 151 Å². The first kappa shape index (κ1) is 22.5. The smallest absolute Gasteiger partial charge is 0.872 e. The maximum atomic E-state index is 10.7. The van der Waals surface area contributed by atoms with Crippen molar-refractivity contribution in [2.45, 2.75) is 0 Å². The third-order valence-corrected chi connectivity index (χ3v) is 2.23. The van der Waals surface area contributed by atoms with E-state index >= 15 is 0 Å². The Hall–Kier alpha value is -1.77. The minimum absolute atomic E-state index is 0. The molecule has 104 valence electrons. The van der Waals surface area contributed by atoms with E-state index in [9.17, 15) is 19.8 Å². The maximum absolute atomic E-state index is 10.7. The van der Waals surface area contributed by atoms with Gasteiger partial charge in [0, 0.05) is 0 Å². The zero-order chi connectivity index (χ0) is 15.1. The van der Waals surface area contributed by atoms with Crippen molar-refractivity contribution in [1.82, 2.24) is 0 Å². The topological polar surface area (TPSA) is 121 Å². The number of aromatic carboxylic acids is 2. The van der Waals surface area contributed by atoms with Crippen molar-refractivity contribution in [1.29, 1.82) is 0 Å². The van der Waals surface area contributed by atoms with Crippen LogP contribution >= 0.6 is 0 Å². The second-order valence-corrected chi connectivity index (χ2v) is 3.60. The fourth-order valence-corrected chi connectivity index (χ4v) is 1.29. The van der Waals surface area contributed by atoms with Gasteiger partial charge in [0.1, 0.15) is 0 Å². The second-order valence-electron chi connectivity index (χ2n) is 3.60. The predicted octanol–water partition coefficient (Wildman–Crippen LogP) is 0.912. The number of carbonyl (C=O) groups is 2. The zero-order valence-electron chi connectivity index (χ0n) is 11.6. The van der Waals surface area contributed by atoms with Crippen LogP contribution in [0, 0.1) is 0 Å². The van der Waals surface area contributed by atoms with Gasteiger partial charge in [0.15, 0.2) is 0 Å². The van der Waals surface area contributed by atoms with Gasteiger partial charge in [-0.25, -0.2) is 9.59 Å². The van der Waals surface area contributed by atoms with E-state index in [2.05, 4.69) is 0 Å². The Morgan fingerprint density at radius 1 is 0.682 bits per heavy atom. The average molecular weight is 405 g/mol. The Kier molecular flexibility index (Phi) is 11.1. The van der Waals surface area contributed by atoms with Gasteiger partial charge < -0.3 is 20.4 Å². The Bertz CT molecular complexity index is 575.